The van der Waals surface area contributed by atoms with Crippen LogP contribution in [0.25, 0.3) is 0 Å². The number of carbonyl (C=O) groups is 1. The normalized spacial score (nSPS) is 19.6. The van der Waals surface area contributed by atoms with Gasteiger partial charge in [-0.3, -0.25) is 4.79 Å². The fourth-order valence-corrected chi connectivity index (χ4v) is 2.12. The summed E-state index contributed by atoms with van der Waals surface area (Å²) in [5.41, 5.74) is 2.27. The van der Waals surface area contributed by atoms with Crippen LogP contribution in [-0.2, 0) is 0 Å². The highest BCUT2D eigenvalue weighted by Crippen LogP contribution is 2.07. The summed E-state index contributed by atoms with van der Waals surface area (Å²) in [7, 11) is 0. The van der Waals surface area contributed by atoms with Crippen LogP contribution >= 0.6 is 36.2 Å². The average molecular weight is 284 g/mol. The lowest BCUT2D eigenvalue weighted by Gasteiger charge is -2.31. The van der Waals surface area contributed by atoms with Gasteiger partial charge < -0.3 is 10.2 Å². The molecule has 1 aliphatic rings. The summed E-state index contributed by atoms with van der Waals surface area (Å²) < 4.78 is 0. The highest BCUT2D eigenvalue weighted by molar-refractivity contribution is 7.07. The van der Waals surface area contributed by atoms with Gasteiger partial charge >= 0.3 is 0 Å². The summed E-state index contributed by atoms with van der Waals surface area (Å²) in [5, 5.41) is 5.10. The van der Waals surface area contributed by atoms with Crippen LogP contribution in [0.15, 0.2) is 10.9 Å². The van der Waals surface area contributed by atoms with Crippen LogP contribution < -0.4 is 5.32 Å². The summed E-state index contributed by atoms with van der Waals surface area (Å²) in [5.74, 6) is 0.0552. The minimum Gasteiger partial charge on any atom is -0.334 e. The average Bonchev–Trinajstić information content (AvgIpc) is 2.69. The molecule has 1 saturated heterocycles. The Morgan fingerprint density at radius 3 is 2.94 bits per heavy atom. The van der Waals surface area contributed by atoms with Gasteiger partial charge in [0.1, 0.15) is 5.69 Å². The number of nitrogens with one attached hydrogen (secondary N) is 1. The van der Waals surface area contributed by atoms with Gasteiger partial charge in [-0.25, -0.2) is 4.98 Å². The number of aromatic nitrogens is 1. The second kappa shape index (κ2) is 7.06. The number of rotatable bonds is 1. The zero-order valence-electron chi connectivity index (χ0n) is 8.88. The summed E-state index contributed by atoms with van der Waals surface area (Å²) >= 11 is 1.46. The van der Waals surface area contributed by atoms with E-state index in [0.717, 1.165) is 19.6 Å². The molecule has 16 heavy (non-hydrogen) atoms. The minimum atomic E-state index is 0. The topological polar surface area (TPSA) is 45.2 Å². The van der Waals surface area contributed by atoms with Gasteiger partial charge in [0.2, 0.25) is 0 Å². The lowest BCUT2D eigenvalue weighted by Crippen LogP contribution is -2.51. The molecule has 0 aliphatic carbocycles. The fraction of sp³-hybridized carbons (Fsp3) is 0.556. The van der Waals surface area contributed by atoms with Crippen LogP contribution in [0.2, 0.25) is 0 Å². The molecule has 4 nitrogen and oxygen atoms in total. The molecular formula is C9H15Cl2N3OS. The van der Waals surface area contributed by atoms with E-state index in [-0.39, 0.29) is 30.7 Å². The molecule has 1 aromatic rings. The van der Waals surface area contributed by atoms with Crippen molar-refractivity contribution in [1.29, 1.82) is 0 Å². The summed E-state index contributed by atoms with van der Waals surface area (Å²) in [4.78, 5) is 17.7. The number of thiazole rings is 1. The minimum absolute atomic E-state index is 0. The largest absolute Gasteiger partial charge is 0.334 e. The van der Waals surface area contributed by atoms with E-state index in [9.17, 15) is 4.79 Å². The first-order valence-electron chi connectivity index (χ1n) is 4.68. The zero-order valence-corrected chi connectivity index (χ0v) is 11.3. The molecule has 0 bridgehead atoms. The lowest BCUT2D eigenvalue weighted by atomic mass is 10.2. The monoisotopic (exact) mass is 283 g/mol. The van der Waals surface area contributed by atoms with E-state index in [0.29, 0.717) is 11.7 Å². The van der Waals surface area contributed by atoms with Crippen LogP contribution in [0, 0.1) is 0 Å². The summed E-state index contributed by atoms with van der Waals surface area (Å²) in [6, 6.07) is 0.381. The second-order valence-electron chi connectivity index (χ2n) is 3.48. The van der Waals surface area contributed by atoms with Crippen LogP contribution in [0.4, 0.5) is 0 Å². The standard InChI is InChI=1S/C9H13N3OS.2ClH/c1-7-4-12(3-2-10-7)9(13)8-5-14-6-11-8;;/h5-7,10H,2-4H2,1H3;2*1H. The third-order valence-electron chi connectivity index (χ3n) is 2.31. The first-order valence-corrected chi connectivity index (χ1v) is 5.62. The maximum atomic E-state index is 11.8. The Balaban J connectivity index is 0.00000112. The quantitative estimate of drug-likeness (QED) is 0.848. The molecule has 0 aromatic carbocycles. The van der Waals surface area contributed by atoms with Gasteiger partial charge in [-0.2, -0.15) is 0 Å². The third-order valence-corrected chi connectivity index (χ3v) is 2.89. The lowest BCUT2D eigenvalue weighted by molar-refractivity contribution is 0.0704. The second-order valence-corrected chi connectivity index (χ2v) is 4.20. The van der Waals surface area contributed by atoms with E-state index in [1.165, 1.54) is 11.3 Å². The van der Waals surface area contributed by atoms with E-state index >= 15 is 0 Å². The summed E-state index contributed by atoms with van der Waals surface area (Å²) in [6.45, 7) is 4.51. The van der Waals surface area contributed by atoms with Crippen molar-refractivity contribution in [3.63, 3.8) is 0 Å². The molecule has 92 valence electrons. The predicted octanol–water partition coefficient (Wildman–Crippen LogP) is 1.42. The number of amides is 1. The van der Waals surface area contributed by atoms with E-state index in [2.05, 4.69) is 17.2 Å². The Morgan fingerprint density at radius 1 is 1.62 bits per heavy atom. The van der Waals surface area contributed by atoms with E-state index in [4.69, 9.17) is 0 Å². The Hall–Kier alpha value is -0.360. The molecule has 0 spiro atoms. The molecule has 0 saturated carbocycles. The number of nitrogens with zero attached hydrogens (tertiary/aromatic N) is 2. The smallest absolute Gasteiger partial charge is 0.273 e. The van der Waals surface area contributed by atoms with Crippen LogP contribution in [0.5, 0.6) is 0 Å². The molecule has 1 aliphatic heterocycles. The number of hydrogen-bond acceptors (Lipinski definition) is 4. The Kier molecular flexibility index (Phi) is 6.90. The Morgan fingerprint density at radius 2 is 2.38 bits per heavy atom. The highest BCUT2D eigenvalue weighted by Gasteiger charge is 2.22. The van der Waals surface area contributed by atoms with Crippen molar-refractivity contribution in [3.8, 4) is 0 Å². The van der Waals surface area contributed by atoms with E-state index in [1.807, 2.05) is 4.90 Å². The molecule has 2 rings (SSSR count). The van der Waals surface area contributed by atoms with E-state index < -0.39 is 0 Å². The molecule has 2 heterocycles. The molecule has 1 fully saturated rings. The molecule has 7 heteroatoms. The van der Waals surface area contributed by atoms with E-state index in [1.54, 1.807) is 10.9 Å². The van der Waals surface area contributed by atoms with Gasteiger partial charge in [-0.05, 0) is 6.92 Å². The Bertz CT molecular complexity index is 321. The fourth-order valence-electron chi connectivity index (χ4n) is 1.60. The number of piperazine rings is 1. The van der Waals surface area contributed by atoms with Crippen molar-refractivity contribution in [2.75, 3.05) is 19.6 Å². The van der Waals surface area contributed by atoms with Crippen LogP contribution in [-0.4, -0.2) is 41.5 Å². The Labute approximate surface area is 111 Å². The molecule has 1 unspecified atom stereocenters. The highest BCUT2D eigenvalue weighted by atomic mass is 35.5. The molecule has 0 radical (unpaired) electrons. The van der Waals surface area contributed by atoms with Crippen LogP contribution in [0.3, 0.4) is 0 Å². The van der Waals surface area contributed by atoms with Gasteiger partial charge in [0, 0.05) is 31.1 Å². The third kappa shape index (κ3) is 3.59. The van der Waals surface area contributed by atoms with Gasteiger partial charge in [0.25, 0.3) is 5.91 Å². The molecule has 1 N–H and O–H groups in total. The number of halogens is 2. The van der Waals surface area contributed by atoms with Crippen molar-refractivity contribution < 1.29 is 4.79 Å². The molecule has 1 atom stereocenters. The van der Waals surface area contributed by atoms with Crippen molar-refractivity contribution in [2.24, 2.45) is 0 Å². The number of hydrogen-bond donors (Lipinski definition) is 1. The van der Waals surface area contributed by atoms with Crippen LogP contribution in [0.1, 0.15) is 17.4 Å². The van der Waals surface area contributed by atoms with Crippen molar-refractivity contribution in [3.05, 3.63) is 16.6 Å². The molecular weight excluding hydrogens is 269 g/mol. The van der Waals surface area contributed by atoms with Gasteiger partial charge in [-0.1, -0.05) is 0 Å². The summed E-state index contributed by atoms with van der Waals surface area (Å²) in [6.07, 6.45) is 0. The van der Waals surface area contributed by atoms with Gasteiger partial charge in [0.05, 0.1) is 5.51 Å². The van der Waals surface area contributed by atoms with Gasteiger partial charge in [0.15, 0.2) is 0 Å². The molecule has 1 amide bonds. The number of carbonyl (C=O) groups excluding carboxylic acids is 1. The van der Waals surface area contributed by atoms with Gasteiger partial charge in [-0.15, -0.1) is 36.2 Å². The zero-order chi connectivity index (χ0) is 9.97. The SMILES string of the molecule is CC1CN(C(=O)c2cscn2)CCN1.Cl.Cl. The molecule has 1 aromatic heterocycles. The first kappa shape index (κ1) is 15.6. The first-order chi connectivity index (χ1) is 6.77. The van der Waals surface area contributed by atoms with Crippen molar-refractivity contribution >= 4 is 42.1 Å². The predicted molar refractivity (Wildman–Crippen MR) is 70.0 cm³/mol. The maximum Gasteiger partial charge on any atom is 0.273 e. The van der Waals surface area contributed by atoms with Crippen molar-refractivity contribution in [1.82, 2.24) is 15.2 Å². The van der Waals surface area contributed by atoms with Crippen molar-refractivity contribution in [2.45, 2.75) is 13.0 Å². The maximum absolute atomic E-state index is 11.8.